The Morgan fingerprint density at radius 2 is 1.85 bits per heavy atom. The summed E-state index contributed by atoms with van der Waals surface area (Å²) in [6, 6.07) is 10.8. The first kappa shape index (κ1) is 18.5. The Labute approximate surface area is 157 Å². The second kappa shape index (κ2) is 6.48. The summed E-state index contributed by atoms with van der Waals surface area (Å²) in [5, 5.41) is 0.513. The van der Waals surface area contributed by atoms with Gasteiger partial charge in [-0.3, -0.25) is 9.52 Å². The number of sulfonamides is 1. The lowest BCUT2D eigenvalue weighted by Crippen LogP contribution is -2.48. The molecule has 1 amide bonds. The molecule has 1 aliphatic rings. The van der Waals surface area contributed by atoms with Crippen molar-refractivity contribution in [3.63, 3.8) is 0 Å². The van der Waals surface area contributed by atoms with Crippen molar-refractivity contribution in [3.05, 3.63) is 47.5 Å². The number of anilines is 2. The number of nitrogens with one attached hydrogen (secondary N) is 1. The van der Waals surface area contributed by atoms with Crippen molar-refractivity contribution in [3.8, 4) is 5.75 Å². The summed E-state index contributed by atoms with van der Waals surface area (Å²) in [6.07, 6.45) is 0. The summed E-state index contributed by atoms with van der Waals surface area (Å²) in [6.45, 7) is 5.53. The number of hydrogen-bond acceptors (Lipinski definition) is 4. The molecular formula is C18H19ClN2O4S. The minimum Gasteiger partial charge on any atom is -0.484 e. The lowest BCUT2D eigenvalue weighted by molar-refractivity contribution is -0.117. The first-order valence-corrected chi connectivity index (χ1v) is 9.83. The average Bonchev–Trinajstić information content (AvgIpc) is 2.54. The fraction of sp³-hybridized carbons (Fsp3) is 0.278. The van der Waals surface area contributed by atoms with E-state index in [0.717, 1.165) is 0 Å². The summed E-state index contributed by atoms with van der Waals surface area (Å²) >= 11 is 5.82. The predicted molar refractivity (Wildman–Crippen MR) is 101 cm³/mol. The van der Waals surface area contributed by atoms with E-state index in [9.17, 15) is 13.2 Å². The molecule has 8 heteroatoms. The van der Waals surface area contributed by atoms with Crippen molar-refractivity contribution in [1.29, 1.82) is 0 Å². The zero-order valence-electron chi connectivity index (χ0n) is 14.6. The maximum atomic E-state index is 12.7. The number of benzene rings is 2. The van der Waals surface area contributed by atoms with Crippen LogP contribution in [0, 0.1) is 0 Å². The molecule has 1 N–H and O–H groups in total. The monoisotopic (exact) mass is 394 g/mol. The van der Waals surface area contributed by atoms with Crippen LogP contribution >= 0.6 is 11.6 Å². The van der Waals surface area contributed by atoms with E-state index >= 15 is 0 Å². The Bertz CT molecular complexity index is 956. The van der Waals surface area contributed by atoms with Crippen molar-refractivity contribution in [2.24, 2.45) is 0 Å². The van der Waals surface area contributed by atoms with Crippen LogP contribution < -0.4 is 14.4 Å². The van der Waals surface area contributed by atoms with E-state index in [4.69, 9.17) is 16.3 Å². The van der Waals surface area contributed by atoms with Gasteiger partial charge in [0.05, 0.1) is 17.1 Å². The number of amides is 1. The minimum absolute atomic E-state index is 0.0424. The minimum atomic E-state index is -3.82. The maximum Gasteiger partial charge on any atom is 0.261 e. The highest BCUT2D eigenvalue weighted by Gasteiger charge is 2.34. The molecule has 2 aromatic rings. The summed E-state index contributed by atoms with van der Waals surface area (Å²) in [7, 11) is -3.82. The fourth-order valence-electron chi connectivity index (χ4n) is 2.77. The van der Waals surface area contributed by atoms with Crippen LogP contribution in [0.5, 0.6) is 5.75 Å². The number of rotatable bonds is 3. The highest BCUT2D eigenvalue weighted by Crippen LogP contribution is 2.38. The zero-order valence-corrected chi connectivity index (χ0v) is 16.2. The van der Waals surface area contributed by atoms with Crippen molar-refractivity contribution in [2.75, 3.05) is 16.2 Å². The second-order valence-electron chi connectivity index (χ2n) is 6.71. The highest BCUT2D eigenvalue weighted by atomic mass is 35.5. The molecule has 0 saturated heterocycles. The van der Waals surface area contributed by atoms with Gasteiger partial charge in [0.15, 0.2) is 0 Å². The van der Waals surface area contributed by atoms with Gasteiger partial charge in [0.2, 0.25) is 5.91 Å². The smallest absolute Gasteiger partial charge is 0.261 e. The normalized spacial score (nSPS) is 15.8. The molecular weight excluding hydrogens is 376 g/mol. The average molecular weight is 395 g/mol. The standard InChI is InChI=1S/C18H19ClN2O4S/c1-12(22)21-11-18(2,3)25-17-9-8-15(10-16(17)21)26(23,24)20-14-6-4-13(19)5-7-14/h4-10,20H,11H2,1-3H3. The Morgan fingerprint density at radius 1 is 1.19 bits per heavy atom. The molecule has 138 valence electrons. The molecule has 3 rings (SSSR count). The van der Waals surface area contributed by atoms with Gasteiger partial charge in [0.25, 0.3) is 10.0 Å². The third-order valence-electron chi connectivity index (χ3n) is 3.93. The van der Waals surface area contributed by atoms with E-state index in [2.05, 4.69) is 4.72 Å². The molecule has 0 aliphatic carbocycles. The third kappa shape index (κ3) is 3.78. The van der Waals surface area contributed by atoms with Crippen LogP contribution in [0.3, 0.4) is 0 Å². The summed E-state index contributed by atoms with van der Waals surface area (Å²) in [5.74, 6) is 0.296. The number of halogens is 1. The molecule has 0 fully saturated rings. The Morgan fingerprint density at radius 3 is 2.46 bits per heavy atom. The Balaban J connectivity index is 1.98. The molecule has 0 spiro atoms. The topological polar surface area (TPSA) is 75.7 Å². The number of nitrogens with zero attached hydrogens (tertiary/aromatic N) is 1. The van der Waals surface area contributed by atoms with Gasteiger partial charge in [-0.2, -0.15) is 0 Å². The number of carbonyl (C=O) groups excluding carboxylic acids is 1. The summed E-state index contributed by atoms with van der Waals surface area (Å²) in [5.41, 5.74) is 0.282. The van der Waals surface area contributed by atoms with Gasteiger partial charge >= 0.3 is 0 Å². The van der Waals surface area contributed by atoms with E-state index < -0.39 is 15.6 Å². The van der Waals surface area contributed by atoms with Crippen molar-refractivity contribution >= 4 is 38.9 Å². The van der Waals surface area contributed by atoms with Crippen molar-refractivity contribution in [1.82, 2.24) is 0 Å². The van der Waals surface area contributed by atoms with Gasteiger partial charge < -0.3 is 9.64 Å². The van der Waals surface area contributed by atoms with E-state index in [1.807, 2.05) is 13.8 Å². The van der Waals surface area contributed by atoms with E-state index in [0.29, 0.717) is 28.7 Å². The van der Waals surface area contributed by atoms with Crippen LogP contribution in [0.15, 0.2) is 47.4 Å². The van der Waals surface area contributed by atoms with Crippen LogP contribution in [0.25, 0.3) is 0 Å². The van der Waals surface area contributed by atoms with E-state index in [1.54, 1.807) is 30.3 Å². The molecule has 0 unspecified atom stereocenters. The van der Waals surface area contributed by atoms with Crippen LogP contribution in [0.2, 0.25) is 5.02 Å². The van der Waals surface area contributed by atoms with Gasteiger partial charge in [-0.15, -0.1) is 0 Å². The van der Waals surface area contributed by atoms with Gasteiger partial charge in [-0.25, -0.2) is 8.42 Å². The second-order valence-corrected chi connectivity index (χ2v) is 8.83. The first-order chi connectivity index (χ1) is 12.1. The molecule has 1 aliphatic heterocycles. The van der Waals surface area contributed by atoms with E-state index in [1.165, 1.54) is 24.0 Å². The molecule has 1 heterocycles. The lowest BCUT2D eigenvalue weighted by Gasteiger charge is -2.39. The van der Waals surface area contributed by atoms with Crippen molar-refractivity contribution < 1.29 is 17.9 Å². The van der Waals surface area contributed by atoms with Gasteiger partial charge in [0, 0.05) is 17.6 Å². The molecule has 0 aromatic heterocycles. The van der Waals surface area contributed by atoms with Crippen LogP contribution in [-0.4, -0.2) is 26.5 Å². The molecule has 0 radical (unpaired) electrons. The van der Waals surface area contributed by atoms with Crippen LogP contribution in [0.1, 0.15) is 20.8 Å². The molecule has 0 bridgehead atoms. The largest absolute Gasteiger partial charge is 0.484 e. The number of ether oxygens (including phenoxy) is 1. The van der Waals surface area contributed by atoms with E-state index in [-0.39, 0.29) is 10.8 Å². The zero-order chi connectivity index (χ0) is 19.1. The van der Waals surface area contributed by atoms with Crippen LogP contribution in [0.4, 0.5) is 11.4 Å². The fourth-order valence-corrected chi connectivity index (χ4v) is 3.97. The number of fused-ring (bicyclic) bond motifs is 1. The molecule has 0 saturated carbocycles. The highest BCUT2D eigenvalue weighted by molar-refractivity contribution is 7.92. The number of hydrogen-bond donors (Lipinski definition) is 1. The van der Waals surface area contributed by atoms with Crippen LogP contribution in [-0.2, 0) is 14.8 Å². The Hall–Kier alpha value is -2.25. The molecule has 2 aromatic carbocycles. The number of carbonyl (C=O) groups is 1. The van der Waals surface area contributed by atoms with Crippen molar-refractivity contribution in [2.45, 2.75) is 31.3 Å². The van der Waals surface area contributed by atoms with Gasteiger partial charge in [0.1, 0.15) is 11.4 Å². The SMILES string of the molecule is CC(=O)N1CC(C)(C)Oc2ccc(S(=O)(=O)Nc3ccc(Cl)cc3)cc21. The van der Waals surface area contributed by atoms with Gasteiger partial charge in [-0.1, -0.05) is 11.6 Å². The molecule has 26 heavy (non-hydrogen) atoms. The first-order valence-electron chi connectivity index (χ1n) is 7.97. The molecule has 6 nitrogen and oxygen atoms in total. The quantitative estimate of drug-likeness (QED) is 0.861. The summed E-state index contributed by atoms with van der Waals surface area (Å²) in [4.78, 5) is 13.6. The lowest BCUT2D eigenvalue weighted by atomic mass is 10.1. The summed E-state index contributed by atoms with van der Waals surface area (Å²) < 4.78 is 33.7. The Kier molecular flexibility index (Phi) is 4.62. The predicted octanol–water partition coefficient (Wildman–Crippen LogP) is 3.66. The van der Waals surface area contributed by atoms with Gasteiger partial charge in [-0.05, 0) is 56.3 Å². The third-order valence-corrected chi connectivity index (χ3v) is 5.56. The maximum absolute atomic E-state index is 12.7. The molecule has 0 atom stereocenters.